The Bertz CT molecular complexity index is 501. The van der Waals surface area contributed by atoms with Gasteiger partial charge >= 0.3 is 5.69 Å². The average molecular weight is 242 g/mol. The van der Waals surface area contributed by atoms with Crippen molar-refractivity contribution in [2.24, 2.45) is 0 Å². The predicted octanol–water partition coefficient (Wildman–Crippen LogP) is 1.72. The zero-order chi connectivity index (χ0) is 12.6. The number of nitro groups is 1. The second kappa shape index (κ2) is 4.08. The molecule has 7 heteroatoms. The standard InChI is InChI=1S/C10H8F2N2O3/c11-8-6(10(15)13-4-1-5-13)2-3-7(9(8)12)14(16)17/h2-3H,1,4-5H2. The molecule has 1 saturated heterocycles. The Morgan fingerprint density at radius 3 is 2.41 bits per heavy atom. The van der Waals surface area contributed by atoms with E-state index in [4.69, 9.17) is 0 Å². The summed E-state index contributed by atoms with van der Waals surface area (Å²) in [7, 11) is 0. The molecule has 17 heavy (non-hydrogen) atoms. The molecule has 0 unspecified atom stereocenters. The molecule has 1 aromatic rings. The molecule has 5 nitrogen and oxygen atoms in total. The van der Waals surface area contributed by atoms with E-state index in [9.17, 15) is 23.7 Å². The predicted molar refractivity (Wildman–Crippen MR) is 53.5 cm³/mol. The highest BCUT2D eigenvalue weighted by Gasteiger charge is 2.28. The van der Waals surface area contributed by atoms with E-state index >= 15 is 0 Å². The van der Waals surface area contributed by atoms with E-state index in [0.29, 0.717) is 13.1 Å². The summed E-state index contributed by atoms with van der Waals surface area (Å²) in [6.07, 6.45) is 0.822. The molecule has 0 spiro atoms. The van der Waals surface area contributed by atoms with Crippen molar-refractivity contribution in [2.75, 3.05) is 13.1 Å². The number of halogens is 2. The van der Waals surface area contributed by atoms with Crippen LogP contribution in [0.15, 0.2) is 12.1 Å². The minimum absolute atomic E-state index is 0.465. The third-order valence-corrected chi connectivity index (χ3v) is 2.63. The lowest BCUT2D eigenvalue weighted by Crippen LogP contribution is -2.42. The number of hydrogen-bond donors (Lipinski definition) is 0. The summed E-state index contributed by atoms with van der Waals surface area (Å²) in [5.74, 6) is -3.69. The molecule has 0 saturated carbocycles. The lowest BCUT2D eigenvalue weighted by Gasteiger charge is -2.30. The number of carbonyl (C=O) groups excluding carboxylic acids is 1. The maximum atomic E-state index is 13.5. The summed E-state index contributed by atoms with van der Waals surface area (Å²) in [5, 5.41) is 10.4. The van der Waals surface area contributed by atoms with Crippen LogP contribution in [0.4, 0.5) is 14.5 Å². The third-order valence-electron chi connectivity index (χ3n) is 2.63. The molecular formula is C10H8F2N2O3. The summed E-state index contributed by atoms with van der Waals surface area (Å²) in [4.78, 5) is 22.3. The van der Waals surface area contributed by atoms with Gasteiger partial charge in [0.1, 0.15) is 0 Å². The van der Waals surface area contributed by atoms with Crippen LogP contribution in [0.5, 0.6) is 0 Å². The fraction of sp³-hybridized carbons (Fsp3) is 0.300. The molecule has 1 aromatic carbocycles. The van der Waals surface area contributed by atoms with Crippen LogP contribution in [0.2, 0.25) is 0 Å². The van der Waals surface area contributed by atoms with Gasteiger partial charge in [0.15, 0.2) is 5.82 Å². The summed E-state index contributed by atoms with van der Waals surface area (Å²) in [6, 6.07) is 1.74. The minimum atomic E-state index is -1.60. The first-order valence-corrected chi connectivity index (χ1v) is 4.94. The molecule has 0 bridgehead atoms. The van der Waals surface area contributed by atoms with E-state index in [0.717, 1.165) is 18.6 Å². The second-order valence-corrected chi connectivity index (χ2v) is 3.66. The highest BCUT2D eigenvalue weighted by molar-refractivity contribution is 5.95. The number of likely N-dealkylation sites (tertiary alicyclic amines) is 1. The lowest BCUT2D eigenvalue weighted by atomic mass is 10.1. The Labute approximate surface area is 94.8 Å². The zero-order valence-corrected chi connectivity index (χ0v) is 8.65. The smallest absolute Gasteiger partial charge is 0.307 e. The van der Waals surface area contributed by atoms with Crippen molar-refractivity contribution in [3.8, 4) is 0 Å². The van der Waals surface area contributed by atoms with E-state index in [2.05, 4.69) is 0 Å². The number of benzene rings is 1. The van der Waals surface area contributed by atoms with Gasteiger partial charge in [-0.05, 0) is 12.5 Å². The largest absolute Gasteiger partial charge is 0.338 e. The van der Waals surface area contributed by atoms with Crippen molar-refractivity contribution < 1.29 is 18.5 Å². The van der Waals surface area contributed by atoms with Crippen molar-refractivity contribution in [2.45, 2.75) is 6.42 Å². The number of hydrogen-bond acceptors (Lipinski definition) is 3. The summed E-state index contributed by atoms with van der Waals surface area (Å²) in [6.45, 7) is 0.994. The molecule has 0 atom stereocenters. The van der Waals surface area contributed by atoms with Gasteiger partial charge in [-0.25, -0.2) is 4.39 Å². The molecule has 0 N–H and O–H groups in total. The fourth-order valence-corrected chi connectivity index (χ4v) is 1.54. The van der Waals surface area contributed by atoms with Gasteiger partial charge in [-0.15, -0.1) is 0 Å². The summed E-state index contributed by atoms with van der Waals surface area (Å²) < 4.78 is 26.7. The van der Waals surface area contributed by atoms with Crippen LogP contribution in [-0.4, -0.2) is 28.8 Å². The van der Waals surface area contributed by atoms with E-state index in [1.807, 2.05) is 0 Å². The Balaban J connectivity index is 2.39. The van der Waals surface area contributed by atoms with Gasteiger partial charge in [-0.3, -0.25) is 14.9 Å². The first-order chi connectivity index (χ1) is 8.02. The van der Waals surface area contributed by atoms with Crippen LogP contribution in [0.3, 0.4) is 0 Å². The van der Waals surface area contributed by atoms with Gasteiger partial charge in [0.2, 0.25) is 5.82 Å². The SMILES string of the molecule is O=C(c1ccc([N+](=O)[O-])c(F)c1F)N1CCC1. The highest BCUT2D eigenvalue weighted by atomic mass is 19.2. The molecule has 0 radical (unpaired) electrons. The van der Waals surface area contributed by atoms with Crippen molar-refractivity contribution in [3.63, 3.8) is 0 Å². The molecule has 90 valence electrons. The molecule has 0 aromatic heterocycles. The number of rotatable bonds is 2. The lowest BCUT2D eigenvalue weighted by molar-refractivity contribution is -0.387. The average Bonchev–Trinajstić information content (AvgIpc) is 2.18. The third kappa shape index (κ3) is 1.83. The summed E-state index contributed by atoms with van der Waals surface area (Å²) in [5.41, 5.74) is -1.43. The molecule has 1 heterocycles. The van der Waals surface area contributed by atoms with Gasteiger partial charge in [0, 0.05) is 19.2 Å². The topological polar surface area (TPSA) is 63.4 Å². The molecule has 1 fully saturated rings. The van der Waals surface area contributed by atoms with E-state index in [1.54, 1.807) is 0 Å². The molecule has 2 rings (SSSR count). The molecule has 1 amide bonds. The van der Waals surface area contributed by atoms with Crippen LogP contribution in [-0.2, 0) is 0 Å². The van der Waals surface area contributed by atoms with Gasteiger partial charge in [-0.2, -0.15) is 4.39 Å². The van der Waals surface area contributed by atoms with Gasteiger partial charge in [0.05, 0.1) is 10.5 Å². The van der Waals surface area contributed by atoms with Crippen LogP contribution in [0, 0.1) is 21.7 Å². The number of nitro benzene ring substituents is 1. The second-order valence-electron chi connectivity index (χ2n) is 3.66. The molecule has 1 aliphatic rings. The van der Waals surface area contributed by atoms with E-state index in [1.165, 1.54) is 4.90 Å². The summed E-state index contributed by atoms with van der Waals surface area (Å²) >= 11 is 0. The van der Waals surface area contributed by atoms with Crippen molar-refractivity contribution in [1.82, 2.24) is 4.90 Å². The first-order valence-electron chi connectivity index (χ1n) is 4.94. The van der Waals surface area contributed by atoms with Gasteiger partial charge < -0.3 is 4.90 Å². The zero-order valence-electron chi connectivity index (χ0n) is 8.65. The van der Waals surface area contributed by atoms with Crippen molar-refractivity contribution in [3.05, 3.63) is 39.4 Å². The normalized spacial score (nSPS) is 14.4. The van der Waals surface area contributed by atoms with Crippen molar-refractivity contribution >= 4 is 11.6 Å². The van der Waals surface area contributed by atoms with Crippen LogP contribution < -0.4 is 0 Å². The highest BCUT2D eigenvalue weighted by Crippen LogP contribution is 2.24. The van der Waals surface area contributed by atoms with Crippen LogP contribution in [0.1, 0.15) is 16.8 Å². The maximum absolute atomic E-state index is 13.5. The Morgan fingerprint density at radius 1 is 1.29 bits per heavy atom. The van der Waals surface area contributed by atoms with Crippen LogP contribution >= 0.6 is 0 Å². The Hall–Kier alpha value is -2.05. The quantitative estimate of drug-likeness (QED) is 0.586. The van der Waals surface area contributed by atoms with Crippen LogP contribution in [0.25, 0.3) is 0 Å². The molecule has 1 aliphatic heterocycles. The van der Waals surface area contributed by atoms with Gasteiger partial charge in [0.25, 0.3) is 5.91 Å². The molecular weight excluding hydrogens is 234 g/mol. The molecule has 0 aliphatic carbocycles. The maximum Gasteiger partial charge on any atom is 0.307 e. The van der Waals surface area contributed by atoms with E-state index in [-0.39, 0.29) is 0 Å². The van der Waals surface area contributed by atoms with E-state index < -0.39 is 33.7 Å². The Morgan fingerprint density at radius 2 is 1.94 bits per heavy atom. The van der Waals surface area contributed by atoms with Crippen molar-refractivity contribution in [1.29, 1.82) is 0 Å². The fourth-order valence-electron chi connectivity index (χ4n) is 1.54. The number of carbonyl (C=O) groups is 1. The minimum Gasteiger partial charge on any atom is -0.338 e. The number of nitrogens with zero attached hydrogens (tertiary/aromatic N) is 2. The first kappa shape index (κ1) is 11.4. The Kier molecular flexibility index (Phi) is 2.74. The monoisotopic (exact) mass is 242 g/mol. The number of amides is 1. The van der Waals surface area contributed by atoms with Gasteiger partial charge in [-0.1, -0.05) is 0 Å².